The molecule has 0 spiro atoms. The number of nitrogens with zero attached hydrogens (tertiary/aromatic N) is 2. The SMILES string of the molecule is CSCCC(=O)N1C[C@@H](Cc2cc(C)no2)[C@H](O)C1. The third kappa shape index (κ3) is 3.73. The molecular formula is C13H20N2O3S. The molecule has 0 bridgehead atoms. The summed E-state index contributed by atoms with van der Waals surface area (Å²) in [5.41, 5.74) is 0.843. The lowest BCUT2D eigenvalue weighted by Gasteiger charge is -2.15. The van der Waals surface area contributed by atoms with E-state index in [1.807, 2.05) is 19.2 Å². The third-order valence-electron chi connectivity index (χ3n) is 3.42. The molecule has 0 aromatic carbocycles. The van der Waals surface area contributed by atoms with E-state index in [4.69, 9.17) is 4.52 Å². The van der Waals surface area contributed by atoms with Gasteiger partial charge in [-0.3, -0.25) is 4.79 Å². The fourth-order valence-electron chi connectivity index (χ4n) is 2.38. The van der Waals surface area contributed by atoms with Gasteiger partial charge in [0.05, 0.1) is 11.8 Å². The van der Waals surface area contributed by atoms with Crippen LogP contribution in [-0.2, 0) is 11.2 Å². The molecule has 1 aromatic heterocycles. The Morgan fingerprint density at radius 1 is 1.63 bits per heavy atom. The van der Waals surface area contributed by atoms with Crippen molar-refractivity contribution < 1.29 is 14.4 Å². The first-order valence-corrected chi connectivity index (χ1v) is 7.86. The van der Waals surface area contributed by atoms with Crippen LogP contribution in [-0.4, -0.2) is 52.3 Å². The highest BCUT2D eigenvalue weighted by Gasteiger charge is 2.34. The van der Waals surface area contributed by atoms with Crippen molar-refractivity contribution in [2.75, 3.05) is 25.1 Å². The van der Waals surface area contributed by atoms with Gasteiger partial charge in [-0.05, 0) is 13.2 Å². The minimum absolute atomic E-state index is 0.0468. The number of aliphatic hydroxyl groups is 1. The number of thioether (sulfide) groups is 1. The lowest BCUT2D eigenvalue weighted by Crippen LogP contribution is -2.29. The number of aromatic nitrogens is 1. The normalized spacial score (nSPS) is 23.0. The van der Waals surface area contributed by atoms with Crippen molar-refractivity contribution in [1.82, 2.24) is 10.1 Å². The van der Waals surface area contributed by atoms with Crippen LogP contribution in [0.5, 0.6) is 0 Å². The molecule has 1 fully saturated rings. The lowest BCUT2D eigenvalue weighted by atomic mass is 10.0. The van der Waals surface area contributed by atoms with Crippen molar-refractivity contribution in [3.05, 3.63) is 17.5 Å². The monoisotopic (exact) mass is 284 g/mol. The van der Waals surface area contributed by atoms with E-state index in [9.17, 15) is 9.90 Å². The molecule has 1 amide bonds. The maximum Gasteiger partial charge on any atom is 0.223 e. The zero-order valence-electron chi connectivity index (χ0n) is 11.3. The maximum absolute atomic E-state index is 11.9. The molecule has 1 aromatic rings. The first kappa shape index (κ1) is 14.4. The molecule has 2 atom stereocenters. The van der Waals surface area contributed by atoms with Gasteiger partial charge >= 0.3 is 0 Å². The van der Waals surface area contributed by atoms with Crippen LogP contribution in [0.15, 0.2) is 10.6 Å². The van der Waals surface area contributed by atoms with Crippen molar-refractivity contribution in [1.29, 1.82) is 0 Å². The lowest BCUT2D eigenvalue weighted by molar-refractivity contribution is -0.130. The molecule has 0 radical (unpaired) electrons. The van der Waals surface area contributed by atoms with Crippen molar-refractivity contribution in [3.63, 3.8) is 0 Å². The average molecular weight is 284 g/mol. The Morgan fingerprint density at radius 3 is 3.05 bits per heavy atom. The van der Waals surface area contributed by atoms with Crippen LogP contribution in [0.1, 0.15) is 17.9 Å². The standard InChI is InChI=1S/C13H20N2O3S/c1-9-5-11(18-14-9)6-10-7-15(8-12(10)16)13(17)3-4-19-2/h5,10,12,16H,3-4,6-8H2,1-2H3/t10-,12-/m1/s1. The summed E-state index contributed by atoms with van der Waals surface area (Å²) in [6, 6.07) is 1.88. The first-order valence-electron chi connectivity index (χ1n) is 6.47. The van der Waals surface area contributed by atoms with Gasteiger partial charge in [-0.15, -0.1) is 0 Å². The molecule has 1 aliphatic rings. The Hall–Kier alpha value is -1.01. The zero-order valence-corrected chi connectivity index (χ0v) is 12.2. The summed E-state index contributed by atoms with van der Waals surface area (Å²) < 4.78 is 5.17. The van der Waals surface area contributed by atoms with Crippen molar-refractivity contribution >= 4 is 17.7 Å². The second-order valence-electron chi connectivity index (χ2n) is 5.01. The minimum atomic E-state index is -0.469. The van der Waals surface area contributed by atoms with E-state index in [0.717, 1.165) is 17.2 Å². The van der Waals surface area contributed by atoms with Gasteiger partial charge in [-0.2, -0.15) is 11.8 Å². The average Bonchev–Trinajstić information content (AvgIpc) is 2.94. The number of β-amino-alcohol motifs (C(OH)–C–C–N with tert-alkyl or cyclic N) is 1. The van der Waals surface area contributed by atoms with E-state index in [2.05, 4.69) is 5.16 Å². The van der Waals surface area contributed by atoms with Crippen LogP contribution in [0.2, 0.25) is 0 Å². The zero-order chi connectivity index (χ0) is 13.8. The summed E-state index contributed by atoms with van der Waals surface area (Å²) in [6.45, 7) is 2.91. The third-order valence-corrected chi connectivity index (χ3v) is 4.03. The molecule has 1 saturated heterocycles. The van der Waals surface area contributed by atoms with E-state index in [1.54, 1.807) is 16.7 Å². The van der Waals surface area contributed by atoms with Gasteiger partial charge < -0.3 is 14.5 Å². The minimum Gasteiger partial charge on any atom is -0.391 e. The molecule has 2 heterocycles. The highest BCUT2D eigenvalue weighted by molar-refractivity contribution is 7.98. The van der Waals surface area contributed by atoms with Gasteiger partial charge in [0.25, 0.3) is 0 Å². The molecule has 1 aliphatic heterocycles. The molecule has 0 aliphatic carbocycles. The van der Waals surface area contributed by atoms with Crippen LogP contribution < -0.4 is 0 Å². The van der Waals surface area contributed by atoms with E-state index >= 15 is 0 Å². The number of aliphatic hydroxyl groups excluding tert-OH is 1. The van der Waals surface area contributed by atoms with Crippen LogP contribution in [0, 0.1) is 12.8 Å². The maximum atomic E-state index is 11.9. The molecular weight excluding hydrogens is 264 g/mol. The number of hydrogen-bond acceptors (Lipinski definition) is 5. The summed E-state index contributed by atoms with van der Waals surface area (Å²) in [7, 11) is 0. The van der Waals surface area contributed by atoms with Crippen LogP contribution in [0.4, 0.5) is 0 Å². The number of amides is 1. The van der Waals surface area contributed by atoms with Gasteiger partial charge in [-0.1, -0.05) is 5.16 Å². The molecule has 19 heavy (non-hydrogen) atoms. The highest BCUT2D eigenvalue weighted by Crippen LogP contribution is 2.22. The summed E-state index contributed by atoms with van der Waals surface area (Å²) in [6.07, 6.45) is 2.70. The summed E-state index contributed by atoms with van der Waals surface area (Å²) >= 11 is 1.66. The molecule has 0 unspecified atom stereocenters. The molecule has 5 nitrogen and oxygen atoms in total. The van der Waals surface area contributed by atoms with E-state index in [1.165, 1.54) is 0 Å². The number of carbonyl (C=O) groups is 1. The summed E-state index contributed by atoms with van der Waals surface area (Å²) in [5.74, 6) is 1.78. The number of carbonyl (C=O) groups excluding carboxylic acids is 1. The highest BCUT2D eigenvalue weighted by atomic mass is 32.2. The number of likely N-dealkylation sites (tertiary alicyclic amines) is 1. The molecule has 1 N–H and O–H groups in total. The number of aryl methyl sites for hydroxylation is 1. The second-order valence-corrected chi connectivity index (χ2v) is 5.99. The van der Waals surface area contributed by atoms with E-state index < -0.39 is 6.10 Å². The van der Waals surface area contributed by atoms with E-state index in [0.29, 0.717) is 25.9 Å². The summed E-state index contributed by atoms with van der Waals surface area (Å²) in [4.78, 5) is 13.7. The second kappa shape index (κ2) is 6.43. The molecule has 2 rings (SSSR count). The van der Waals surface area contributed by atoms with Crippen LogP contribution >= 0.6 is 11.8 Å². The fraction of sp³-hybridized carbons (Fsp3) is 0.692. The van der Waals surface area contributed by atoms with Crippen LogP contribution in [0.3, 0.4) is 0 Å². The Labute approximate surface area is 117 Å². The first-order chi connectivity index (χ1) is 9.10. The van der Waals surface area contributed by atoms with Crippen LogP contribution in [0.25, 0.3) is 0 Å². The van der Waals surface area contributed by atoms with Crippen molar-refractivity contribution in [2.24, 2.45) is 5.92 Å². The predicted octanol–water partition coefficient (Wildman–Crippen LogP) is 1.10. The Bertz CT molecular complexity index is 435. The Balaban J connectivity index is 1.88. The predicted molar refractivity (Wildman–Crippen MR) is 74.0 cm³/mol. The fourth-order valence-corrected chi connectivity index (χ4v) is 2.76. The van der Waals surface area contributed by atoms with Gasteiger partial charge in [0.2, 0.25) is 5.91 Å². The quantitative estimate of drug-likeness (QED) is 0.877. The summed E-state index contributed by atoms with van der Waals surface area (Å²) in [5, 5.41) is 13.9. The van der Waals surface area contributed by atoms with Crippen molar-refractivity contribution in [2.45, 2.75) is 25.9 Å². The number of rotatable bonds is 5. The molecule has 0 saturated carbocycles. The topological polar surface area (TPSA) is 66.6 Å². The number of hydrogen-bond donors (Lipinski definition) is 1. The molecule has 6 heteroatoms. The van der Waals surface area contributed by atoms with Gasteiger partial charge in [-0.25, -0.2) is 0 Å². The smallest absolute Gasteiger partial charge is 0.223 e. The van der Waals surface area contributed by atoms with Crippen molar-refractivity contribution in [3.8, 4) is 0 Å². The Morgan fingerprint density at radius 2 is 2.42 bits per heavy atom. The Kier molecular flexibility index (Phi) is 4.87. The van der Waals surface area contributed by atoms with E-state index in [-0.39, 0.29) is 11.8 Å². The molecule has 106 valence electrons. The largest absolute Gasteiger partial charge is 0.391 e. The van der Waals surface area contributed by atoms with Gasteiger partial charge in [0, 0.05) is 43.7 Å². The van der Waals surface area contributed by atoms with Gasteiger partial charge in [0.1, 0.15) is 5.76 Å². The van der Waals surface area contributed by atoms with Gasteiger partial charge in [0.15, 0.2) is 0 Å².